The first-order valence-electron chi connectivity index (χ1n) is 10.9. The van der Waals surface area contributed by atoms with Gasteiger partial charge in [0, 0.05) is 43.9 Å². The van der Waals surface area contributed by atoms with Crippen LogP contribution in [-0.2, 0) is 9.47 Å². The highest BCUT2D eigenvalue weighted by molar-refractivity contribution is 6.42. The van der Waals surface area contributed by atoms with Crippen molar-refractivity contribution in [1.82, 2.24) is 9.80 Å². The molecule has 2 aromatic rings. The molecular weight excluding hydrogens is 470 g/mol. The number of rotatable bonds is 6. The van der Waals surface area contributed by atoms with Gasteiger partial charge in [-0.25, -0.2) is 4.39 Å². The third-order valence-corrected chi connectivity index (χ3v) is 6.56. The smallest absolute Gasteiger partial charge is 0.254 e. The average molecular weight is 495 g/mol. The number of benzene rings is 2. The summed E-state index contributed by atoms with van der Waals surface area (Å²) in [5.41, 5.74) is 0.713. The molecule has 4 rings (SSSR count). The van der Waals surface area contributed by atoms with Crippen molar-refractivity contribution in [3.05, 3.63) is 69.5 Å². The van der Waals surface area contributed by atoms with Crippen LogP contribution in [0, 0.1) is 5.82 Å². The summed E-state index contributed by atoms with van der Waals surface area (Å²) in [7, 11) is 0. The van der Waals surface area contributed by atoms with Gasteiger partial charge in [-0.05, 0) is 49.2 Å². The minimum Gasteiger partial charge on any atom is -0.376 e. The molecule has 2 saturated heterocycles. The molecule has 2 aliphatic heterocycles. The minimum atomic E-state index is -0.467. The summed E-state index contributed by atoms with van der Waals surface area (Å²) in [4.78, 5) is 29.5. The Morgan fingerprint density at radius 2 is 1.79 bits per heavy atom. The molecule has 2 fully saturated rings. The van der Waals surface area contributed by atoms with Crippen LogP contribution in [0.25, 0.3) is 0 Å². The molecule has 0 N–H and O–H groups in total. The first-order valence-corrected chi connectivity index (χ1v) is 11.7. The predicted octanol–water partition coefficient (Wildman–Crippen LogP) is 4.29. The van der Waals surface area contributed by atoms with Gasteiger partial charge in [0.15, 0.2) is 0 Å². The minimum absolute atomic E-state index is 0.0694. The molecule has 9 heteroatoms. The van der Waals surface area contributed by atoms with Gasteiger partial charge in [0.25, 0.3) is 11.8 Å². The molecule has 2 atom stereocenters. The molecule has 0 spiro atoms. The molecular formula is C24H25Cl2FN2O4. The van der Waals surface area contributed by atoms with Crippen molar-refractivity contribution in [2.75, 3.05) is 39.4 Å². The highest BCUT2D eigenvalue weighted by atomic mass is 35.5. The van der Waals surface area contributed by atoms with E-state index in [2.05, 4.69) is 0 Å². The maximum Gasteiger partial charge on any atom is 0.254 e. The van der Waals surface area contributed by atoms with Crippen molar-refractivity contribution >= 4 is 35.0 Å². The fraction of sp³-hybridized carbons (Fsp3) is 0.417. The van der Waals surface area contributed by atoms with Crippen LogP contribution >= 0.6 is 23.2 Å². The van der Waals surface area contributed by atoms with Crippen LogP contribution in [0.3, 0.4) is 0 Å². The van der Waals surface area contributed by atoms with E-state index in [0.717, 1.165) is 12.8 Å². The van der Waals surface area contributed by atoms with Crippen molar-refractivity contribution in [3.8, 4) is 0 Å². The second-order valence-corrected chi connectivity index (χ2v) is 9.04. The van der Waals surface area contributed by atoms with Crippen molar-refractivity contribution in [2.45, 2.75) is 25.0 Å². The third kappa shape index (κ3) is 6.03. The van der Waals surface area contributed by atoms with E-state index in [1.54, 1.807) is 34.1 Å². The van der Waals surface area contributed by atoms with E-state index in [-0.39, 0.29) is 36.1 Å². The highest BCUT2D eigenvalue weighted by Crippen LogP contribution is 2.24. The van der Waals surface area contributed by atoms with Crippen LogP contribution in [0.2, 0.25) is 10.0 Å². The van der Waals surface area contributed by atoms with Gasteiger partial charge in [-0.15, -0.1) is 0 Å². The molecule has 2 unspecified atom stereocenters. The topological polar surface area (TPSA) is 59.1 Å². The number of carbonyl (C=O) groups is 2. The summed E-state index contributed by atoms with van der Waals surface area (Å²) in [6, 6.07) is 10.4. The molecule has 6 nitrogen and oxygen atoms in total. The molecule has 33 heavy (non-hydrogen) atoms. The maximum atomic E-state index is 13.7. The summed E-state index contributed by atoms with van der Waals surface area (Å²) in [6.45, 7) is 2.41. The molecule has 2 amide bonds. The first kappa shape index (κ1) is 24.0. The Labute approximate surface area is 202 Å². The zero-order valence-electron chi connectivity index (χ0n) is 18.0. The molecule has 2 aromatic carbocycles. The predicted molar refractivity (Wildman–Crippen MR) is 123 cm³/mol. The van der Waals surface area contributed by atoms with Crippen molar-refractivity contribution in [2.24, 2.45) is 0 Å². The van der Waals surface area contributed by atoms with Gasteiger partial charge in [0.1, 0.15) is 5.82 Å². The second-order valence-electron chi connectivity index (χ2n) is 8.23. The Hall–Kier alpha value is -2.19. The van der Waals surface area contributed by atoms with E-state index in [0.29, 0.717) is 48.5 Å². The summed E-state index contributed by atoms with van der Waals surface area (Å²) in [5, 5.41) is 0.699. The Bertz CT molecular complexity index is 1020. The summed E-state index contributed by atoms with van der Waals surface area (Å²) < 4.78 is 25.3. The van der Waals surface area contributed by atoms with Crippen LogP contribution in [-0.4, -0.2) is 73.2 Å². The zero-order chi connectivity index (χ0) is 23.4. The van der Waals surface area contributed by atoms with Gasteiger partial charge < -0.3 is 19.3 Å². The van der Waals surface area contributed by atoms with Gasteiger partial charge in [0.05, 0.1) is 28.9 Å². The number of morpholine rings is 1. The Kier molecular flexibility index (Phi) is 7.86. The summed E-state index contributed by atoms with van der Waals surface area (Å²) >= 11 is 12.0. The van der Waals surface area contributed by atoms with Gasteiger partial charge in [0.2, 0.25) is 0 Å². The molecule has 0 radical (unpaired) electrons. The van der Waals surface area contributed by atoms with E-state index >= 15 is 0 Å². The summed E-state index contributed by atoms with van der Waals surface area (Å²) in [6.07, 6.45) is 1.35. The molecule has 176 valence electrons. The molecule has 0 aliphatic carbocycles. The largest absolute Gasteiger partial charge is 0.376 e. The second kappa shape index (κ2) is 10.8. The van der Waals surface area contributed by atoms with E-state index < -0.39 is 5.82 Å². The number of hydrogen-bond acceptors (Lipinski definition) is 4. The number of carbonyl (C=O) groups excluding carboxylic acids is 2. The van der Waals surface area contributed by atoms with Crippen LogP contribution in [0.4, 0.5) is 4.39 Å². The molecule has 2 aliphatic rings. The Balaban J connectivity index is 1.47. The fourth-order valence-corrected chi connectivity index (χ4v) is 4.45. The lowest BCUT2D eigenvalue weighted by Crippen LogP contribution is -2.51. The monoisotopic (exact) mass is 494 g/mol. The lowest BCUT2D eigenvalue weighted by Gasteiger charge is -2.36. The molecule has 0 aromatic heterocycles. The lowest BCUT2D eigenvalue weighted by molar-refractivity contribution is -0.0375. The Morgan fingerprint density at radius 1 is 1.00 bits per heavy atom. The number of halogens is 3. The molecule has 2 heterocycles. The number of ether oxygens (including phenoxy) is 2. The normalized spacial score (nSPS) is 20.6. The van der Waals surface area contributed by atoms with Crippen molar-refractivity contribution in [3.63, 3.8) is 0 Å². The van der Waals surface area contributed by atoms with Crippen LogP contribution in [0.1, 0.15) is 33.6 Å². The zero-order valence-corrected chi connectivity index (χ0v) is 19.5. The number of amides is 2. The van der Waals surface area contributed by atoms with E-state index in [4.69, 9.17) is 32.7 Å². The van der Waals surface area contributed by atoms with E-state index in [9.17, 15) is 14.0 Å². The Morgan fingerprint density at radius 3 is 2.52 bits per heavy atom. The van der Waals surface area contributed by atoms with Gasteiger partial charge in [-0.3, -0.25) is 9.59 Å². The van der Waals surface area contributed by atoms with Crippen LogP contribution in [0.5, 0.6) is 0 Å². The van der Waals surface area contributed by atoms with Crippen LogP contribution in [0.15, 0.2) is 42.5 Å². The molecule has 0 bridgehead atoms. The highest BCUT2D eigenvalue weighted by Gasteiger charge is 2.30. The van der Waals surface area contributed by atoms with Gasteiger partial charge in [-0.2, -0.15) is 0 Å². The van der Waals surface area contributed by atoms with Gasteiger partial charge >= 0.3 is 0 Å². The maximum absolute atomic E-state index is 13.7. The third-order valence-electron chi connectivity index (χ3n) is 5.82. The van der Waals surface area contributed by atoms with E-state index in [1.165, 1.54) is 18.2 Å². The van der Waals surface area contributed by atoms with Gasteiger partial charge in [-0.1, -0.05) is 29.3 Å². The van der Waals surface area contributed by atoms with Crippen LogP contribution < -0.4 is 0 Å². The average Bonchev–Trinajstić information content (AvgIpc) is 3.33. The SMILES string of the molecule is O=C(c1ccc(Cl)c(Cl)c1)N1CCOC(CN(CC2CCCO2)C(=O)c2cccc(F)c2)C1. The number of nitrogens with zero attached hydrogens (tertiary/aromatic N) is 2. The lowest BCUT2D eigenvalue weighted by atomic mass is 10.1. The van der Waals surface area contributed by atoms with Crippen molar-refractivity contribution in [1.29, 1.82) is 0 Å². The first-order chi connectivity index (χ1) is 15.9. The van der Waals surface area contributed by atoms with E-state index in [1.807, 2.05) is 0 Å². The number of hydrogen-bond donors (Lipinski definition) is 0. The fourth-order valence-electron chi connectivity index (χ4n) is 4.15. The van der Waals surface area contributed by atoms with Crippen molar-refractivity contribution < 1.29 is 23.5 Å². The molecule has 0 saturated carbocycles. The standard InChI is InChI=1S/C24H25Cl2FN2O4/c25-21-7-6-17(12-22(21)26)23(30)28-8-10-33-20(14-28)15-29(13-19-5-2-9-32-19)24(31)16-3-1-4-18(27)11-16/h1,3-4,6-7,11-12,19-20H,2,5,8-10,13-15H2. The summed E-state index contributed by atoms with van der Waals surface area (Å²) in [5.74, 6) is -0.934. The quantitative estimate of drug-likeness (QED) is 0.600.